The number of pyridine rings is 1. The Hall–Kier alpha value is -4.22. The van der Waals surface area contributed by atoms with E-state index in [1.165, 1.54) is 44.0 Å². The maximum absolute atomic E-state index is 12.9. The molecule has 0 aliphatic carbocycles. The quantitative estimate of drug-likeness (QED) is 0.226. The van der Waals surface area contributed by atoms with Crippen molar-refractivity contribution in [3.63, 3.8) is 0 Å². The first-order valence-corrected chi connectivity index (χ1v) is 13.8. The number of fused-ring (bicyclic) bond motifs is 4. The molecule has 0 amide bonds. The van der Waals surface area contributed by atoms with Crippen LogP contribution in [0.4, 0.5) is 0 Å². The Morgan fingerprint density at radius 2 is 1.54 bits per heavy atom. The van der Waals surface area contributed by atoms with Gasteiger partial charge in [0.2, 0.25) is 0 Å². The molecule has 5 nitrogen and oxygen atoms in total. The van der Waals surface area contributed by atoms with E-state index in [4.69, 9.17) is 0 Å². The lowest BCUT2D eigenvalue weighted by Crippen LogP contribution is -2.34. The van der Waals surface area contributed by atoms with Crippen LogP contribution >= 0.6 is 0 Å². The van der Waals surface area contributed by atoms with Crippen molar-refractivity contribution in [2.24, 2.45) is 7.05 Å². The molecule has 0 spiro atoms. The lowest BCUT2D eigenvalue weighted by molar-refractivity contribution is 0.101. The van der Waals surface area contributed by atoms with E-state index in [0.29, 0.717) is 6.04 Å². The van der Waals surface area contributed by atoms with Crippen LogP contribution in [0.1, 0.15) is 41.7 Å². The Balaban J connectivity index is 1.41. The second kappa shape index (κ2) is 9.51. The van der Waals surface area contributed by atoms with Gasteiger partial charge in [-0.2, -0.15) is 0 Å². The molecule has 3 aromatic heterocycles. The normalized spacial score (nSPS) is 15.0. The zero-order valence-corrected chi connectivity index (χ0v) is 22.5. The number of para-hydroxylation sites is 2. The van der Waals surface area contributed by atoms with Gasteiger partial charge >= 0.3 is 0 Å². The van der Waals surface area contributed by atoms with Gasteiger partial charge < -0.3 is 9.13 Å². The average Bonchev–Trinajstić information content (AvgIpc) is 3.49. The summed E-state index contributed by atoms with van der Waals surface area (Å²) in [7, 11) is 2.11. The van der Waals surface area contributed by atoms with Crippen LogP contribution in [0.3, 0.4) is 0 Å². The topological polar surface area (TPSA) is 43.1 Å². The Bertz CT molecular complexity index is 1840. The molecule has 3 aromatic carbocycles. The van der Waals surface area contributed by atoms with Gasteiger partial charge in [-0.25, -0.2) is 0 Å². The second-order valence-electron chi connectivity index (χ2n) is 10.9. The molecule has 0 N–H and O–H groups in total. The number of aryl methyl sites for hydroxylation is 1. The summed E-state index contributed by atoms with van der Waals surface area (Å²) in [6.07, 6.45) is 8.13. The van der Waals surface area contributed by atoms with Crippen LogP contribution in [0.25, 0.3) is 43.8 Å². The number of Topliss-reactive ketones (excluding diaryl/α,β-unsaturated/α-hetero) is 1. The van der Waals surface area contributed by atoms with E-state index < -0.39 is 0 Å². The Morgan fingerprint density at radius 3 is 2.28 bits per heavy atom. The van der Waals surface area contributed by atoms with Gasteiger partial charge in [0.1, 0.15) is 0 Å². The molecule has 39 heavy (non-hydrogen) atoms. The fourth-order valence-electron chi connectivity index (χ4n) is 6.66. The minimum absolute atomic E-state index is 0.111. The first-order valence-electron chi connectivity index (χ1n) is 13.8. The standard InChI is InChI=1S/C34H32N4O/c1-23(39)26-11-12-28(30-22-36(2)31-9-5-3-7-27(30)31)34-33(26)29-8-4-6-10-32(29)38(34)25-15-19-37(20-16-25)21-24-13-17-35-18-14-24/h3-14,17-18,22,25H,15-16,19-21H2,1-2H3. The van der Waals surface area contributed by atoms with Crippen LogP contribution in [-0.2, 0) is 13.6 Å². The van der Waals surface area contributed by atoms with Crippen LogP contribution in [-0.4, -0.2) is 37.9 Å². The summed E-state index contributed by atoms with van der Waals surface area (Å²) in [6.45, 7) is 4.72. The third-order valence-electron chi connectivity index (χ3n) is 8.50. The summed E-state index contributed by atoms with van der Waals surface area (Å²) in [6, 6.07) is 26.0. The third kappa shape index (κ3) is 3.96. The average molecular weight is 513 g/mol. The summed E-state index contributed by atoms with van der Waals surface area (Å²) >= 11 is 0. The molecule has 0 unspecified atom stereocenters. The predicted octanol–water partition coefficient (Wildman–Crippen LogP) is 7.39. The second-order valence-corrected chi connectivity index (χ2v) is 10.9. The molecule has 1 fully saturated rings. The maximum atomic E-state index is 12.9. The number of hydrogen-bond donors (Lipinski definition) is 0. The SMILES string of the molecule is CC(=O)c1ccc(-c2cn(C)c3ccccc23)c2c1c1ccccc1n2C1CCN(Cc2ccncc2)CC1. The Kier molecular flexibility index (Phi) is 5.82. The monoisotopic (exact) mass is 512 g/mol. The van der Waals surface area contributed by atoms with Crippen molar-refractivity contribution in [1.82, 2.24) is 19.0 Å². The summed E-state index contributed by atoms with van der Waals surface area (Å²) < 4.78 is 4.78. The van der Waals surface area contributed by atoms with Gasteiger partial charge in [0.25, 0.3) is 0 Å². The highest BCUT2D eigenvalue weighted by Gasteiger charge is 2.27. The first-order chi connectivity index (χ1) is 19.1. The largest absolute Gasteiger partial charge is 0.350 e. The summed E-state index contributed by atoms with van der Waals surface area (Å²) in [5.74, 6) is 0.111. The predicted molar refractivity (Wildman–Crippen MR) is 159 cm³/mol. The van der Waals surface area contributed by atoms with Crippen molar-refractivity contribution in [3.8, 4) is 11.1 Å². The summed E-state index contributed by atoms with van der Waals surface area (Å²) in [4.78, 5) is 19.7. The molecule has 7 rings (SSSR count). The van der Waals surface area contributed by atoms with E-state index >= 15 is 0 Å². The van der Waals surface area contributed by atoms with Crippen molar-refractivity contribution in [2.75, 3.05) is 13.1 Å². The van der Waals surface area contributed by atoms with Crippen LogP contribution in [0.5, 0.6) is 0 Å². The molecular formula is C34H32N4O. The fourth-order valence-corrected chi connectivity index (χ4v) is 6.66. The zero-order chi connectivity index (χ0) is 26.5. The zero-order valence-electron chi connectivity index (χ0n) is 22.5. The van der Waals surface area contributed by atoms with E-state index in [1.807, 2.05) is 18.5 Å². The third-order valence-corrected chi connectivity index (χ3v) is 8.50. The highest BCUT2D eigenvalue weighted by atomic mass is 16.1. The molecule has 6 aromatic rings. The smallest absolute Gasteiger partial charge is 0.160 e. The van der Waals surface area contributed by atoms with Crippen molar-refractivity contribution in [1.29, 1.82) is 0 Å². The van der Waals surface area contributed by atoms with Gasteiger partial charge in [-0.15, -0.1) is 0 Å². The first kappa shape index (κ1) is 23.9. The van der Waals surface area contributed by atoms with Crippen LogP contribution in [0.15, 0.2) is 91.4 Å². The highest BCUT2D eigenvalue weighted by molar-refractivity contribution is 6.22. The molecule has 1 aliphatic rings. The molecule has 5 heteroatoms. The number of likely N-dealkylation sites (tertiary alicyclic amines) is 1. The summed E-state index contributed by atoms with van der Waals surface area (Å²) in [5.41, 5.74) is 8.14. The molecule has 0 atom stereocenters. The van der Waals surface area contributed by atoms with Crippen molar-refractivity contribution in [2.45, 2.75) is 32.4 Å². The number of carbonyl (C=O) groups excluding carboxylic acids is 1. The number of rotatable bonds is 5. The molecule has 4 heterocycles. The van der Waals surface area contributed by atoms with Gasteiger partial charge in [-0.1, -0.05) is 48.5 Å². The fraction of sp³-hybridized carbons (Fsp3) is 0.235. The van der Waals surface area contributed by atoms with E-state index in [9.17, 15) is 4.79 Å². The molecule has 0 radical (unpaired) electrons. The number of piperidine rings is 1. The maximum Gasteiger partial charge on any atom is 0.160 e. The lowest BCUT2D eigenvalue weighted by atomic mass is 9.96. The van der Waals surface area contributed by atoms with Gasteiger partial charge in [0.05, 0.1) is 5.52 Å². The van der Waals surface area contributed by atoms with Gasteiger partial charge in [0, 0.05) is 95.2 Å². The van der Waals surface area contributed by atoms with E-state index in [1.54, 1.807) is 6.92 Å². The van der Waals surface area contributed by atoms with Gasteiger partial charge in [-0.3, -0.25) is 14.7 Å². The number of hydrogen-bond acceptors (Lipinski definition) is 3. The van der Waals surface area contributed by atoms with Crippen LogP contribution in [0, 0.1) is 0 Å². The number of benzene rings is 3. The molecule has 1 saturated heterocycles. The van der Waals surface area contributed by atoms with Crippen molar-refractivity contribution < 1.29 is 4.79 Å². The highest BCUT2D eigenvalue weighted by Crippen LogP contribution is 2.43. The van der Waals surface area contributed by atoms with Crippen molar-refractivity contribution in [3.05, 3.63) is 103 Å². The number of carbonyl (C=O) groups is 1. The van der Waals surface area contributed by atoms with E-state index in [0.717, 1.165) is 43.4 Å². The number of nitrogens with zero attached hydrogens (tertiary/aromatic N) is 4. The molecule has 0 saturated carbocycles. The van der Waals surface area contributed by atoms with E-state index in [-0.39, 0.29) is 5.78 Å². The molecule has 1 aliphatic heterocycles. The minimum Gasteiger partial charge on any atom is -0.350 e. The minimum atomic E-state index is 0.111. The van der Waals surface area contributed by atoms with Gasteiger partial charge in [-0.05, 0) is 49.6 Å². The molecule has 194 valence electrons. The summed E-state index contributed by atoms with van der Waals surface area (Å²) in [5, 5.41) is 3.49. The number of ketones is 1. The number of aromatic nitrogens is 3. The lowest BCUT2D eigenvalue weighted by Gasteiger charge is -2.34. The molecule has 0 bridgehead atoms. The van der Waals surface area contributed by atoms with Crippen LogP contribution < -0.4 is 0 Å². The van der Waals surface area contributed by atoms with Gasteiger partial charge in [0.15, 0.2) is 5.78 Å². The molecular weight excluding hydrogens is 480 g/mol. The Morgan fingerprint density at radius 1 is 0.846 bits per heavy atom. The Labute approximate surface area is 228 Å². The van der Waals surface area contributed by atoms with E-state index in [2.05, 4.69) is 99.0 Å². The van der Waals surface area contributed by atoms with Crippen LogP contribution in [0.2, 0.25) is 0 Å². The van der Waals surface area contributed by atoms with Crippen molar-refractivity contribution >= 4 is 38.5 Å².